The summed E-state index contributed by atoms with van der Waals surface area (Å²) in [5.41, 5.74) is 6.69. The highest BCUT2D eigenvalue weighted by Crippen LogP contribution is 2.25. The van der Waals surface area contributed by atoms with E-state index in [2.05, 4.69) is 13.8 Å². The van der Waals surface area contributed by atoms with E-state index in [1.165, 1.54) is 12.1 Å². The summed E-state index contributed by atoms with van der Waals surface area (Å²) in [7, 11) is 1.77. The summed E-state index contributed by atoms with van der Waals surface area (Å²) in [6.45, 7) is 6.25. The molecule has 0 aliphatic heterocycles. The smallest absolute Gasteiger partial charge is 0.239 e. The van der Waals surface area contributed by atoms with E-state index >= 15 is 0 Å². The van der Waals surface area contributed by atoms with Gasteiger partial charge in [0, 0.05) is 13.1 Å². The summed E-state index contributed by atoms with van der Waals surface area (Å²) >= 11 is 0. The topological polar surface area (TPSA) is 86.8 Å². The molecule has 1 unspecified atom stereocenters. The molecule has 2 atom stereocenters. The van der Waals surface area contributed by atoms with Crippen molar-refractivity contribution in [3.63, 3.8) is 0 Å². The van der Waals surface area contributed by atoms with Gasteiger partial charge < -0.3 is 20.8 Å². The lowest BCUT2D eigenvalue weighted by atomic mass is 10.0. The second-order valence-corrected chi connectivity index (χ2v) is 6.06. The largest absolute Gasteiger partial charge is 0.504 e. The van der Waals surface area contributed by atoms with Crippen LogP contribution in [0.1, 0.15) is 32.8 Å². The molecular weight excluding hydrogens is 268 g/mol. The Balaban J connectivity index is 2.67. The molecule has 0 fully saturated rings. The molecule has 0 aromatic heterocycles. The van der Waals surface area contributed by atoms with E-state index in [9.17, 15) is 15.0 Å². The molecule has 4 N–H and O–H groups in total. The quantitative estimate of drug-likeness (QED) is 0.699. The van der Waals surface area contributed by atoms with Crippen molar-refractivity contribution in [2.75, 3.05) is 7.05 Å². The second kappa shape index (κ2) is 7.31. The summed E-state index contributed by atoms with van der Waals surface area (Å²) < 4.78 is 0. The highest BCUT2D eigenvalue weighted by Gasteiger charge is 2.23. The third-order valence-corrected chi connectivity index (χ3v) is 3.63. The first-order valence-corrected chi connectivity index (χ1v) is 7.25. The molecule has 5 nitrogen and oxygen atoms in total. The Kier molecular flexibility index (Phi) is 6.03. The standard InChI is InChI=1S/C16H26N2O3/c1-10(2)7-11(3)18(4)16(21)13(17)8-12-5-6-14(19)15(20)9-12/h5-6,9-11,13,19-20H,7-8,17H2,1-4H3/t11?,13-/m0/s1. The monoisotopic (exact) mass is 294 g/mol. The minimum absolute atomic E-state index is 0.115. The van der Waals surface area contributed by atoms with Gasteiger partial charge in [-0.05, 0) is 43.4 Å². The number of phenolic OH excluding ortho intramolecular Hbond substituents is 2. The molecule has 1 amide bonds. The number of likely N-dealkylation sites (N-methyl/N-ethyl adjacent to an activating group) is 1. The van der Waals surface area contributed by atoms with Crippen LogP contribution < -0.4 is 5.73 Å². The van der Waals surface area contributed by atoms with Gasteiger partial charge in [0.1, 0.15) is 0 Å². The summed E-state index contributed by atoms with van der Waals surface area (Å²) in [5.74, 6) is 0.0197. The molecule has 1 rings (SSSR count). The van der Waals surface area contributed by atoms with Gasteiger partial charge in [0.25, 0.3) is 0 Å². The maximum absolute atomic E-state index is 12.3. The molecule has 0 aliphatic carbocycles. The Morgan fingerprint density at radius 2 is 1.86 bits per heavy atom. The fraction of sp³-hybridized carbons (Fsp3) is 0.562. The van der Waals surface area contributed by atoms with Gasteiger partial charge in [-0.25, -0.2) is 0 Å². The minimum Gasteiger partial charge on any atom is -0.504 e. The number of rotatable bonds is 6. The van der Waals surface area contributed by atoms with Crippen LogP contribution in [0.25, 0.3) is 0 Å². The maximum atomic E-state index is 12.3. The van der Waals surface area contributed by atoms with Crippen LogP contribution in [0.3, 0.4) is 0 Å². The molecule has 0 aliphatic rings. The first-order valence-electron chi connectivity index (χ1n) is 7.25. The third-order valence-electron chi connectivity index (χ3n) is 3.63. The van der Waals surface area contributed by atoms with Crippen LogP contribution in [0.4, 0.5) is 0 Å². The predicted octanol–water partition coefficient (Wildman–Crippen LogP) is 1.86. The van der Waals surface area contributed by atoms with Crippen molar-refractivity contribution in [1.29, 1.82) is 0 Å². The van der Waals surface area contributed by atoms with Crippen LogP contribution in [0.15, 0.2) is 18.2 Å². The van der Waals surface area contributed by atoms with Gasteiger partial charge in [0.15, 0.2) is 11.5 Å². The maximum Gasteiger partial charge on any atom is 0.239 e. The molecule has 0 spiro atoms. The van der Waals surface area contributed by atoms with E-state index < -0.39 is 6.04 Å². The van der Waals surface area contributed by atoms with Crippen LogP contribution in [-0.2, 0) is 11.2 Å². The van der Waals surface area contributed by atoms with E-state index in [4.69, 9.17) is 5.73 Å². The van der Waals surface area contributed by atoms with Crippen molar-refractivity contribution in [2.24, 2.45) is 11.7 Å². The molecule has 0 saturated carbocycles. The number of phenols is 2. The number of hydrogen-bond acceptors (Lipinski definition) is 4. The number of carbonyl (C=O) groups is 1. The number of benzene rings is 1. The molecule has 1 aromatic rings. The zero-order valence-corrected chi connectivity index (χ0v) is 13.2. The molecule has 0 bridgehead atoms. The van der Waals surface area contributed by atoms with Gasteiger partial charge in [-0.15, -0.1) is 0 Å². The lowest BCUT2D eigenvalue weighted by Crippen LogP contribution is -2.46. The molecular formula is C16H26N2O3. The number of carbonyl (C=O) groups excluding carboxylic acids is 1. The van der Waals surface area contributed by atoms with Gasteiger partial charge in [0.2, 0.25) is 5.91 Å². The Morgan fingerprint density at radius 1 is 1.24 bits per heavy atom. The first-order chi connectivity index (χ1) is 9.72. The summed E-state index contributed by atoms with van der Waals surface area (Å²) in [5, 5.41) is 18.7. The summed E-state index contributed by atoms with van der Waals surface area (Å²) in [6.07, 6.45) is 1.25. The van der Waals surface area contributed by atoms with E-state index in [-0.39, 0.29) is 23.4 Å². The van der Waals surface area contributed by atoms with Gasteiger partial charge in [-0.2, -0.15) is 0 Å². The molecule has 1 aromatic carbocycles. The Morgan fingerprint density at radius 3 is 2.38 bits per heavy atom. The summed E-state index contributed by atoms with van der Waals surface area (Å²) in [6, 6.07) is 3.96. The average Bonchev–Trinajstić information content (AvgIpc) is 2.40. The lowest BCUT2D eigenvalue weighted by molar-refractivity contribution is -0.133. The zero-order valence-electron chi connectivity index (χ0n) is 13.2. The van der Waals surface area contributed by atoms with Crippen LogP contribution >= 0.6 is 0 Å². The minimum atomic E-state index is -0.659. The molecule has 0 saturated heterocycles. The Hall–Kier alpha value is -1.75. The van der Waals surface area contributed by atoms with Crippen molar-refractivity contribution in [3.8, 4) is 11.5 Å². The van der Waals surface area contributed by atoms with Crippen LogP contribution in [0.2, 0.25) is 0 Å². The fourth-order valence-electron chi connectivity index (χ4n) is 2.36. The van der Waals surface area contributed by atoms with Crippen molar-refractivity contribution < 1.29 is 15.0 Å². The molecule has 0 heterocycles. The van der Waals surface area contributed by atoms with Crippen LogP contribution in [-0.4, -0.2) is 40.2 Å². The SMILES string of the molecule is CC(C)CC(C)N(C)C(=O)[C@@H](N)Cc1ccc(O)c(O)c1. The van der Waals surface area contributed by atoms with Gasteiger partial charge in [-0.1, -0.05) is 19.9 Å². The second-order valence-electron chi connectivity index (χ2n) is 6.06. The van der Waals surface area contributed by atoms with Crippen molar-refractivity contribution >= 4 is 5.91 Å². The molecule has 118 valence electrons. The highest BCUT2D eigenvalue weighted by atomic mass is 16.3. The van der Waals surface area contributed by atoms with Crippen LogP contribution in [0, 0.1) is 5.92 Å². The summed E-state index contributed by atoms with van der Waals surface area (Å²) in [4.78, 5) is 14.0. The number of hydrogen-bond donors (Lipinski definition) is 3. The van der Waals surface area contributed by atoms with E-state index in [1.807, 2.05) is 6.92 Å². The van der Waals surface area contributed by atoms with Gasteiger partial charge in [0.05, 0.1) is 6.04 Å². The number of nitrogens with two attached hydrogens (primary N) is 1. The molecule has 5 heteroatoms. The van der Waals surface area contributed by atoms with Crippen molar-refractivity contribution in [2.45, 2.75) is 45.7 Å². The lowest BCUT2D eigenvalue weighted by Gasteiger charge is -2.28. The molecule has 21 heavy (non-hydrogen) atoms. The fourth-order valence-corrected chi connectivity index (χ4v) is 2.36. The predicted molar refractivity (Wildman–Crippen MR) is 83.1 cm³/mol. The Labute approximate surface area is 126 Å². The number of nitrogens with zero attached hydrogens (tertiary/aromatic N) is 1. The third kappa shape index (κ3) is 4.93. The van der Waals surface area contributed by atoms with E-state index in [0.29, 0.717) is 12.3 Å². The highest BCUT2D eigenvalue weighted by molar-refractivity contribution is 5.82. The van der Waals surface area contributed by atoms with E-state index in [0.717, 1.165) is 12.0 Å². The first kappa shape index (κ1) is 17.3. The zero-order chi connectivity index (χ0) is 16.2. The normalized spacial score (nSPS) is 14.0. The van der Waals surface area contributed by atoms with Gasteiger partial charge in [-0.3, -0.25) is 4.79 Å². The number of aromatic hydroxyl groups is 2. The molecule has 0 radical (unpaired) electrons. The Bertz CT molecular complexity index is 488. The van der Waals surface area contributed by atoms with Crippen molar-refractivity contribution in [1.82, 2.24) is 4.90 Å². The average molecular weight is 294 g/mol. The van der Waals surface area contributed by atoms with Crippen LogP contribution in [0.5, 0.6) is 11.5 Å². The van der Waals surface area contributed by atoms with Crippen molar-refractivity contribution in [3.05, 3.63) is 23.8 Å². The van der Waals surface area contributed by atoms with Gasteiger partial charge >= 0.3 is 0 Å². The van der Waals surface area contributed by atoms with E-state index in [1.54, 1.807) is 18.0 Å². The number of amides is 1.